The van der Waals surface area contributed by atoms with Gasteiger partial charge in [0, 0.05) is 19.3 Å². The van der Waals surface area contributed by atoms with E-state index in [-0.39, 0.29) is 5.91 Å². The second kappa shape index (κ2) is 7.06. The number of amides is 1. The third-order valence-corrected chi connectivity index (χ3v) is 3.44. The van der Waals surface area contributed by atoms with Crippen LogP contribution in [-0.4, -0.2) is 47.5 Å². The molecule has 0 spiro atoms. The number of carbonyl (C=O) groups is 2. The molecule has 1 fully saturated rings. The highest BCUT2D eigenvalue weighted by molar-refractivity contribution is 5.95. The predicted octanol–water partition coefficient (Wildman–Crippen LogP) is 1.68. The molecule has 1 amide bonds. The van der Waals surface area contributed by atoms with E-state index in [1.165, 1.54) is 0 Å². The topological polar surface area (TPSA) is 71.5 Å². The Morgan fingerprint density at radius 1 is 1.43 bits per heavy atom. The highest BCUT2D eigenvalue weighted by Gasteiger charge is 2.24. The molecule has 2 rings (SSSR count). The lowest BCUT2D eigenvalue weighted by atomic mass is 10.2. The highest BCUT2D eigenvalue weighted by Crippen LogP contribution is 2.16. The average molecular weight is 291 g/mol. The number of pyridine rings is 1. The molecule has 2 heterocycles. The van der Waals surface area contributed by atoms with Gasteiger partial charge in [-0.2, -0.15) is 0 Å². The SMILES string of the molecule is CCOC(=O)c1cccnc1NC(C)C(=O)N1CCCC1. The minimum Gasteiger partial charge on any atom is -0.462 e. The van der Waals surface area contributed by atoms with Crippen molar-refractivity contribution in [3.63, 3.8) is 0 Å². The maximum absolute atomic E-state index is 12.3. The van der Waals surface area contributed by atoms with E-state index in [4.69, 9.17) is 4.74 Å². The van der Waals surface area contributed by atoms with Gasteiger partial charge in [0.25, 0.3) is 0 Å². The largest absolute Gasteiger partial charge is 0.462 e. The molecule has 1 saturated heterocycles. The van der Waals surface area contributed by atoms with Crippen molar-refractivity contribution < 1.29 is 14.3 Å². The van der Waals surface area contributed by atoms with Crippen molar-refractivity contribution in [1.29, 1.82) is 0 Å². The van der Waals surface area contributed by atoms with Crippen molar-refractivity contribution in [2.75, 3.05) is 25.0 Å². The average Bonchev–Trinajstić information content (AvgIpc) is 3.01. The highest BCUT2D eigenvalue weighted by atomic mass is 16.5. The van der Waals surface area contributed by atoms with E-state index in [9.17, 15) is 9.59 Å². The molecule has 0 aliphatic carbocycles. The summed E-state index contributed by atoms with van der Waals surface area (Å²) in [6.45, 7) is 5.44. The molecular weight excluding hydrogens is 270 g/mol. The van der Waals surface area contributed by atoms with Crippen LogP contribution >= 0.6 is 0 Å². The number of hydrogen-bond donors (Lipinski definition) is 1. The van der Waals surface area contributed by atoms with Crippen molar-refractivity contribution in [3.05, 3.63) is 23.9 Å². The summed E-state index contributed by atoms with van der Waals surface area (Å²) in [5.74, 6) is -0.0159. The van der Waals surface area contributed by atoms with Gasteiger partial charge in [0.1, 0.15) is 17.4 Å². The maximum Gasteiger partial charge on any atom is 0.341 e. The Labute approximate surface area is 124 Å². The molecule has 1 aliphatic rings. The van der Waals surface area contributed by atoms with Crippen LogP contribution in [0.15, 0.2) is 18.3 Å². The minimum atomic E-state index is -0.436. The zero-order valence-corrected chi connectivity index (χ0v) is 12.5. The number of ether oxygens (including phenoxy) is 1. The van der Waals surface area contributed by atoms with E-state index in [1.807, 2.05) is 4.90 Å². The fourth-order valence-electron chi connectivity index (χ4n) is 2.37. The van der Waals surface area contributed by atoms with Crippen molar-refractivity contribution in [3.8, 4) is 0 Å². The van der Waals surface area contributed by atoms with Gasteiger partial charge in [-0.1, -0.05) is 0 Å². The molecule has 6 heteroatoms. The summed E-state index contributed by atoms with van der Waals surface area (Å²) in [5.41, 5.74) is 0.348. The summed E-state index contributed by atoms with van der Waals surface area (Å²) in [6, 6.07) is 2.89. The Balaban J connectivity index is 2.08. The molecule has 1 aromatic rings. The fourth-order valence-corrected chi connectivity index (χ4v) is 2.37. The number of nitrogens with one attached hydrogen (secondary N) is 1. The number of aromatic nitrogens is 1. The van der Waals surface area contributed by atoms with Crippen molar-refractivity contribution in [1.82, 2.24) is 9.88 Å². The smallest absolute Gasteiger partial charge is 0.341 e. The number of hydrogen-bond acceptors (Lipinski definition) is 5. The Kier molecular flexibility index (Phi) is 5.14. The molecule has 0 radical (unpaired) electrons. The normalized spacial score (nSPS) is 15.6. The summed E-state index contributed by atoms with van der Waals surface area (Å²) >= 11 is 0. The van der Waals surface area contributed by atoms with Gasteiger partial charge in [-0.15, -0.1) is 0 Å². The number of esters is 1. The lowest BCUT2D eigenvalue weighted by Gasteiger charge is -2.22. The van der Waals surface area contributed by atoms with Gasteiger partial charge in [0.2, 0.25) is 5.91 Å². The van der Waals surface area contributed by atoms with E-state index >= 15 is 0 Å². The predicted molar refractivity (Wildman–Crippen MR) is 79.1 cm³/mol. The molecule has 1 N–H and O–H groups in total. The molecule has 114 valence electrons. The zero-order chi connectivity index (χ0) is 15.2. The van der Waals surface area contributed by atoms with Crippen LogP contribution in [0.3, 0.4) is 0 Å². The zero-order valence-electron chi connectivity index (χ0n) is 12.5. The van der Waals surface area contributed by atoms with Gasteiger partial charge in [0.15, 0.2) is 0 Å². The molecule has 1 atom stereocenters. The molecule has 1 unspecified atom stereocenters. The minimum absolute atomic E-state index is 0.0351. The Morgan fingerprint density at radius 3 is 2.81 bits per heavy atom. The van der Waals surface area contributed by atoms with E-state index in [0.29, 0.717) is 18.0 Å². The number of rotatable bonds is 5. The van der Waals surface area contributed by atoms with Gasteiger partial charge in [0.05, 0.1) is 6.61 Å². The number of anilines is 1. The van der Waals surface area contributed by atoms with Crippen LogP contribution in [0.4, 0.5) is 5.82 Å². The summed E-state index contributed by atoms with van der Waals surface area (Å²) < 4.78 is 5.00. The van der Waals surface area contributed by atoms with E-state index in [2.05, 4.69) is 10.3 Å². The second-order valence-electron chi connectivity index (χ2n) is 5.02. The molecular formula is C15H21N3O3. The van der Waals surface area contributed by atoms with E-state index in [1.54, 1.807) is 32.2 Å². The van der Waals surface area contributed by atoms with Crippen LogP contribution in [0.2, 0.25) is 0 Å². The first-order valence-corrected chi connectivity index (χ1v) is 7.31. The van der Waals surface area contributed by atoms with E-state index in [0.717, 1.165) is 25.9 Å². The van der Waals surface area contributed by atoms with Crippen LogP contribution in [0.5, 0.6) is 0 Å². The van der Waals surface area contributed by atoms with Gasteiger partial charge in [-0.3, -0.25) is 4.79 Å². The Bertz CT molecular complexity index is 513. The first-order chi connectivity index (χ1) is 10.1. The van der Waals surface area contributed by atoms with Gasteiger partial charge in [-0.25, -0.2) is 9.78 Å². The maximum atomic E-state index is 12.3. The fraction of sp³-hybridized carbons (Fsp3) is 0.533. The number of nitrogens with zero attached hydrogens (tertiary/aromatic N) is 2. The molecule has 21 heavy (non-hydrogen) atoms. The molecule has 0 bridgehead atoms. The molecule has 1 aromatic heterocycles. The summed E-state index contributed by atoms with van der Waals surface area (Å²) in [4.78, 5) is 30.1. The number of likely N-dealkylation sites (tertiary alicyclic amines) is 1. The van der Waals surface area contributed by atoms with Crippen molar-refractivity contribution >= 4 is 17.7 Å². The Morgan fingerprint density at radius 2 is 2.14 bits per heavy atom. The molecule has 0 aromatic carbocycles. The van der Waals surface area contributed by atoms with Crippen molar-refractivity contribution in [2.24, 2.45) is 0 Å². The van der Waals surface area contributed by atoms with Crippen LogP contribution < -0.4 is 5.32 Å². The quantitative estimate of drug-likeness (QED) is 0.836. The first-order valence-electron chi connectivity index (χ1n) is 7.31. The molecule has 0 saturated carbocycles. The monoisotopic (exact) mass is 291 g/mol. The lowest BCUT2D eigenvalue weighted by molar-refractivity contribution is -0.130. The van der Waals surface area contributed by atoms with Gasteiger partial charge >= 0.3 is 5.97 Å². The summed E-state index contributed by atoms with van der Waals surface area (Å²) in [7, 11) is 0. The summed E-state index contributed by atoms with van der Waals surface area (Å²) in [5, 5.41) is 3.02. The first kappa shape index (κ1) is 15.3. The molecule has 1 aliphatic heterocycles. The van der Waals surface area contributed by atoms with Crippen LogP contribution in [0.1, 0.15) is 37.0 Å². The summed E-state index contributed by atoms with van der Waals surface area (Å²) in [6.07, 6.45) is 3.68. The Hall–Kier alpha value is -2.11. The van der Waals surface area contributed by atoms with E-state index < -0.39 is 12.0 Å². The number of carbonyl (C=O) groups excluding carboxylic acids is 2. The van der Waals surface area contributed by atoms with Gasteiger partial charge < -0.3 is 15.0 Å². The van der Waals surface area contributed by atoms with Crippen molar-refractivity contribution in [2.45, 2.75) is 32.7 Å². The van der Waals surface area contributed by atoms with Gasteiger partial charge in [-0.05, 0) is 38.8 Å². The molecule has 6 nitrogen and oxygen atoms in total. The standard InChI is InChI=1S/C15H21N3O3/c1-3-21-15(20)12-7-6-8-16-13(12)17-11(2)14(19)18-9-4-5-10-18/h6-8,11H,3-5,9-10H2,1-2H3,(H,16,17). The third-order valence-electron chi connectivity index (χ3n) is 3.44. The van der Waals surface area contributed by atoms with Crippen LogP contribution in [0, 0.1) is 0 Å². The van der Waals surface area contributed by atoms with Crippen LogP contribution in [0.25, 0.3) is 0 Å². The van der Waals surface area contributed by atoms with Crippen LogP contribution in [-0.2, 0) is 9.53 Å². The third kappa shape index (κ3) is 3.71. The second-order valence-corrected chi connectivity index (χ2v) is 5.02. The lowest BCUT2D eigenvalue weighted by Crippen LogP contribution is -2.40.